The summed E-state index contributed by atoms with van der Waals surface area (Å²) in [6, 6.07) is 9.24. The average Bonchev–Trinajstić information content (AvgIpc) is 2.93. The highest BCUT2D eigenvalue weighted by atomic mass is 35.5. The third kappa shape index (κ3) is 7.07. The molecule has 1 unspecified atom stereocenters. The van der Waals surface area contributed by atoms with Crippen LogP contribution in [0.2, 0.25) is 5.02 Å². The van der Waals surface area contributed by atoms with Crippen molar-refractivity contribution in [2.75, 3.05) is 57.4 Å². The molecule has 202 valence electrons. The molecule has 2 aliphatic rings. The molecule has 1 aromatic carbocycles. The maximum absolute atomic E-state index is 13.8. The van der Waals surface area contributed by atoms with Crippen LogP contribution in [0.3, 0.4) is 0 Å². The van der Waals surface area contributed by atoms with Crippen LogP contribution in [0.4, 0.5) is 5.69 Å². The molecule has 1 N–H and O–H groups in total. The Morgan fingerprint density at radius 3 is 2.55 bits per heavy atom. The van der Waals surface area contributed by atoms with Crippen molar-refractivity contribution >= 4 is 35.3 Å². The van der Waals surface area contributed by atoms with Crippen molar-refractivity contribution < 1.29 is 28.9 Å². The average molecular weight is 545 g/mol. The van der Waals surface area contributed by atoms with Gasteiger partial charge in [-0.05, 0) is 18.1 Å². The quantitative estimate of drug-likeness (QED) is 0.466. The van der Waals surface area contributed by atoms with Gasteiger partial charge in [-0.2, -0.15) is 4.68 Å². The van der Waals surface area contributed by atoms with Gasteiger partial charge in [0.15, 0.2) is 0 Å². The number of carbonyl (C=O) groups excluding carboxylic acids is 2. The summed E-state index contributed by atoms with van der Waals surface area (Å²) < 4.78 is 17.1. The highest BCUT2D eigenvalue weighted by Crippen LogP contribution is 2.31. The number of fused-ring (bicyclic) bond motifs is 2. The van der Waals surface area contributed by atoms with Gasteiger partial charge in [0.1, 0.15) is 10.7 Å². The van der Waals surface area contributed by atoms with Crippen molar-refractivity contribution in [3.8, 4) is 5.88 Å². The summed E-state index contributed by atoms with van der Waals surface area (Å²) in [5.74, 6) is -2.06. The molecular formula is C26H29ClN4O7. The molecule has 0 amide bonds. The molecule has 11 nitrogen and oxygen atoms in total. The summed E-state index contributed by atoms with van der Waals surface area (Å²) in [4.78, 5) is 42.4. The summed E-state index contributed by atoms with van der Waals surface area (Å²) in [6.45, 7) is 3.95. The minimum atomic E-state index is -1.26. The van der Waals surface area contributed by atoms with Crippen molar-refractivity contribution in [1.82, 2.24) is 14.7 Å². The van der Waals surface area contributed by atoms with E-state index in [2.05, 4.69) is 10.00 Å². The van der Waals surface area contributed by atoms with E-state index in [0.717, 1.165) is 35.5 Å². The highest BCUT2D eigenvalue weighted by molar-refractivity contribution is 6.34. The fourth-order valence-electron chi connectivity index (χ4n) is 4.04. The first-order valence-corrected chi connectivity index (χ1v) is 12.7. The number of aliphatic hydroxyl groups excluding tert-OH is 1. The van der Waals surface area contributed by atoms with E-state index < -0.39 is 23.7 Å². The predicted molar refractivity (Wildman–Crippen MR) is 140 cm³/mol. The number of nitrogens with zero attached hydrogens (tertiary/aromatic N) is 4. The van der Waals surface area contributed by atoms with Gasteiger partial charge in [-0.25, -0.2) is 9.59 Å². The number of ether oxygens (including phenoxy) is 3. The van der Waals surface area contributed by atoms with Crippen molar-refractivity contribution in [3.05, 3.63) is 69.5 Å². The van der Waals surface area contributed by atoms with Crippen molar-refractivity contribution in [3.63, 3.8) is 0 Å². The number of aromatic nitrogens is 2. The lowest BCUT2D eigenvalue weighted by atomic mass is 10.2. The molecule has 1 atom stereocenters. The molecule has 2 bridgehead atoms. The smallest absolute Gasteiger partial charge is 0.337 e. The van der Waals surface area contributed by atoms with Crippen molar-refractivity contribution in [2.24, 2.45) is 0 Å². The Balaban J connectivity index is 1.77. The third-order valence-electron chi connectivity index (χ3n) is 5.98. The number of hydrogen-bond acceptors (Lipinski definition) is 10. The number of morpholine rings is 1. The second kappa shape index (κ2) is 13.3. The molecule has 1 saturated heterocycles. The first-order valence-electron chi connectivity index (χ1n) is 12.3. The summed E-state index contributed by atoms with van der Waals surface area (Å²) in [6.07, 6.45) is 4.11. The standard InChI is InChI=1S/C26H29ClN4O7/c27-23-24(30(11-4-16-32)13-12-29-14-17-36-18-15-29)26(35)31-20(8-7-19-5-2-1-3-6-19)37-21(33)9-10-22(34)38-25(23)28-31/h1-3,5-10,20,32H,4,11-18H2/b8-7+,10-9+. The largest absolute Gasteiger partial charge is 0.433 e. The Morgan fingerprint density at radius 2 is 1.82 bits per heavy atom. The van der Waals surface area contributed by atoms with E-state index >= 15 is 0 Å². The van der Waals surface area contributed by atoms with Crippen LogP contribution in [0.5, 0.6) is 5.88 Å². The molecule has 0 saturated carbocycles. The van der Waals surface area contributed by atoms with E-state index in [9.17, 15) is 19.5 Å². The molecule has 38 heavy (non-hydrogen) atoms. The van der Waals surface area contributed by atoms with Crippen LogP contribution in [0, 0.1) is 0 Å². The number of benzene rings is 1. The zero-order valence-corrected chi connectivity index (χ0v) is 21.5. The monoisotopic (exact) mass is 544 g/mol. The van der Waals surface area contributed by atoms with Gasteiger partial charge in [-0.15, -0.1) is 5.10 Å². The van der Waals surface area contributed by atoms with Gasteiger partial charge >= 0.3 is 11.9 Å². The SMILES string of the molecule is O=C1/C=C/C(=O)OC(/C=C/c2ccccc2)n2nc(c(Cl)c(N(CCCO)CCN3CCOCC3)c2=O)O1. The van der Waals surface area contributed by atoms with Gasteiger partial charge in [0.05, 0.1) is 13.2 Å². The minimum absolute atomic E-state index is 0.0323. The first-order chi connectivity index (χ1) is 18.5. The van der Waals surface area contributed by atoms with E-state index in [4.69, 9.17) is 25.8 Å². The van der Waals surface area contributed by atoms with Crippen LogP contribution in [0.1, 0.15) is 18.2 Å². The third-order valence-corrected chi connectivity index (χ3v) is 6.32. The number of anilines is 1. The number of hydrogen-bond donors (Lipinski definition) is 1. The zero-order chi connectivity index (χ0) is 26.9. The number of aliphatic hydroxyl groups is 1. The van der Waals surface area contributed by atoms with Crippen LogP contribution in [-0.4, -0.2) is 84.3 Å². The maximum Gasteiger partial charge on any atom is 0.337 e. The van der Waals surface area contributed by atoms with Gasteiger partial charge in [-0.1, -0.05) is 48.0 Å². The summed E-state index contributed by atoms with van der Waals surface area (Å²) in [5.41, 5.74) is 0.194. The van der Waals surface area contributed by atoms with E-state index in [-0.39, 0.29) is 23.2 Å². The first kappa shape index (κ1) is 27.5. The molecule has 4 rings (SSSR count). The molecule has 2 aromatic rings. The fourth-order valence-corrected chi connectivity index (χ4v) is 4.32. The Hall–Kier alpha value is -3.51. The lowest BCUT2D eigenvalue weighted by Crippen LogP contribution is -2.44. The fraction of sp³-hybridized carbons (Fsp3) is 0.385. The highest BCUT2D eigenvalue weighted by Gasteiger charge is 2.28. The summed E-state index contributed by atoms with van der Waals surface area (Å²) in [5, 5.41) is 13.5. The molecule has 3 heterocycles. The van der Waals surface area contributed by atoms with Gasteiger partial charge in [0.25, 0.3) is 11.4 Å². The molecule has 0 aliphatic carbocycles. The number of esters is 2. The second-order valence-corrected chi connectivity index (χ2v) is 8.97. The lowest BCUT2D eigenvalue weighted by molar-refractivity contribution is -0.146. The van der Waals surface area contributed by atoms with E-state index in [0.29, 0.717) is 39.3 Å². The molecule has 0 spiro atoms. The van der Waals surface area contributed by atoms with Gasteiger partial charge < -0.3 is 24.2 Å². The Morgan fingerprint density at radius 1 is 1.08 bits per heavy atom. The van der Waals surface area contributed by atoms with Crippen molar-refractivity contribution in [1.29, 1.82) is 0 Å². The Bertz CT molecular complexity index is 1240. The van der Waals surface area contributed by atoms with Crippen LogP contribution < -0.4 is 15.2 Å². The molecule has 1 fully saturated rings. The Kier molecular flexibility index (Phi) is 9.66. The van der Waals surface area contributed by atoms with Crippen molar-refractivity contribution in [2.45, 2.75) is 12.6 Å². The zero-order valence-electron chi connectivity index (χ0n) is 20.7. The number of carbonyl (C=O) groups is 2. The predicted octanol–water partition coefficient (Wildman–Crippen LogP) is 1.65. The summed E-state index contributed by atoms with van der Waals surface area (Å²) >= 11 is 6.61. The number of cyclic esters (lactones) is 1. The maximum atomic E-state index is 13.8. The van der Waals surface area contributed by atoms with Crippen LogP contribution >= 0.6 is 11.6 Å². The van der Waals surface area contributed by atoms with Crippen LogP contribution in [0.25, 0.3) is 6.08 Å². The van der Waals surface area contributed by atoms with Gasteiger partial charge in [0.2, 0.25) is 6.23 Å². The molecule has 12 heteroatoms. The van der Waals surface area contributed by atoms with E-state index in [1.165, 1.54) is 6.08 Å². The van der Waals surface area contributed by atoms with E-state index in [1.807, 2.05) is 30.3 Å². The molecule has 0 radical (unpaired) electrons. The molecule has 1 aromatic heterocycles. The second-order valence-electron chi connectivity index (χ2n) is 8.59. The normalized spacial score (nSPS) is 19.2. The minimum Gasteiger partial charge on any atom is -0.433 e. The molecular weight excluding hydrogens is 516 g/mol. The number of rotatable bonds is 9. The van der Waals surface area contributed by atoms with E-state index in [1.54, 1.807) is 11.0 Å². The van der Waals surface area contributed by atoms with Crippen LogP contribution in [0.15, 0.2) is 53.4 Å². The van der Waals surface area contributed by atoms with Crippen LogP contribution in [-0.2, 0) is 19.1 Å². The topological polar surface area (TPSA) is 123 Å². The van der Waals surface area contributed by atoms with Gasteiger partial charge in [0, 0.05) is 51.5 Å². The lowest BCUT2D eigenvalue weighted by Gasteiger charge is -2.31. The number of halogens is 1. The van der Waals surface area contributed by atoms with Gasteiger partial charge in [-0.3, -0.25) is 9.69 Å². The molecule has 2 aliphatic heterocycles. The summed E-state index contributed by atoms with van der Waals surface area (Å²) in [7, 11) is 0. The Labute approximate surface area is 224 Å².